The fraction of sp³-hybridized carbons (Fsp3) is 0. The molecule has 0 saturated heterocycles. The van der Waals surface area contributed by atoms with Crippen molar-refractivity contribution in [2.24, 2.45) is 4.99 Å². The molecule has 0 atom stereocenters. The van der Waals surface area contributed by atoms with Gasteiger partial charge in [0.1, 0.15) is 0 Å². The summed E-state index contributed by atoms with van der Waals surface area (Å²) >= 11 is 11.7. The highest BCUT2D eigenvalue weighted by Crippen LogP contribution is 2.24. The van der Waals surface area contributed by atoms with E-state index in [0.29, 0.717) is 21.1 Å². The number of hydrogen-bond acceptors (Lipinski definition) is 2. The Kier molecular flexibility index (Phi) is 4.93. The number of para-hydroxylation sites is 1. The number of carbonyl (C=O) groups is 1. The summed E-state index contributed by atoms with van der Waals surface area (Å²) < 4.78 is 1.69. The zero-order valence-electron chi connectivity index (χ0n) is 12.4. The number of nitrogens with one attached hydrogen (secondary N) is 1. The van der Waals surface area contributed by atoms with Crippen LogP contribution in [-0.4, -0.2) is 15.8 Å². The zero-order chi connectivity index (χ0) is 16.9. The molecule has 0 unspecified atom stereocenters. The average Bonchev–Trinajstić information content (AvgIpc) is 2.59. The molecule has 1 aromatic heterocycles. The Balaban J connectivity index is 1.76. The fourth-order valence-electron chi connectivity index (χ4n) is 1.99. The second kappa shape index (κ2) is 7.29. The number of aromatic nitrogens is 2. The van der Waals surface area contributed by atoms with Crippen LogP contribution < -0.4 is 10.7 Å². The number of halogens is 2. The van der Waals surface area contributed by atoms with Gasteiger partial charge in [-0.3, -0.25) is 0 Å². The molecule has 0 radical (unpaired) electrons. The van der Waals surface area contributed by atoms with Crippen molar-refractivity contribution in [3.63, 3.8) is 0 Å². The number of nitrogens with zero attached hydrogens (tertiary/aromatic N) is 3. The molecule has 2 aromatic carbocycles. The van der Waals surface area contributed by atoms with Gasteiger partial charge in [0, 0.05) is 11.9 Å². The van der Waals surface area contributed by atoms with Crippen LogP contribution in [0.25, 0.3) is 5.69 Å². The van der Waals surface area contributed by atoms with E-state index in [-0.39, 0.29) is 0 Å². The number of benzene rings is 2. The summed E-state index contributed by atoms with van der Waals surface area (Å²) in [7, 11) is 0. The van der Waals surface area contributed by atoms with E-state index in [1.54, 1.807) is 35.1 Å². The van der Waals surface area contributed by atoms with Crippen LogP contribution in [0.1, 0.15) is 0 Å². The highest BCUT2D eigenvalue weighted by Gasteiger charge is 2.03. The lowest BCUT2D eigenvalue weighted by Crippen LogP contribution is -2.14. The lowest BCUT2D eigenvalue weighted by molar-refractivity contribution is 0.259. The molecule has 3 aromatic rings. The van der Waals surface area contributed by atoms with Crippen molar-refractivity contribution in [3.05, 3.63) is 82.4 Å². The normalized spacial score (nSPS) is 11.3. The van der Waals surface area contributed by atoms with Gasteiger partial charge in [0.25, 0.3) is 0 Å². The molecule has 0 aliphatic heterocycles. The minimum Gasteiger partial charge on any atom is -0.306 e. The predicted molar refractivity (Wildman–Crippen MR) is 94.6 cm³/mol. The van der Waals surface area contributed by atoms with Crippen molar-refractivity contribution in [2.45, 2.75) is 0 Å². The number of anilines is 1. The third kappa shape index (κ3) is 4.01. The molecule has 2 amide bonds. The molecule has 1 N–H and O–H groups in total. The number of urea groups is 1. The van der Waals surface area contributed by atoms with Crippen molar-refractivity contribution in [3.8, 4) is 5.69 Å². The minimum absolute atomic E-state index is 0.361. The summed E-state index contributed by atoms with van der Waals surface area (Å²) in [6.45, 7) is 0. The van der Waals surface area contributed by atoms with Gasteiger partial charge in [0.2, 0.25) is 0 Å². The number of rotatable bonds is 2. The first-order valence-electron chi connectivity index (χ1n) is 7.03. The van der Waals surface area contributed by atoms with Crippen LogP contribution in [0.5, 0.6) is 0 Å². The molecular weight excluding hydrogens is 347 g/mol. The Bertz CT molecular complexity index is 918. The molecule has 0 spiro atoms. The summed E-state index contributed by atoms with van der Waals surface area (Å²) in [5.74, 6) is 0. The van der Waals surface area contributed by atoms with E-state index in [4.69, 9.17) is 23.2 Å². The molecule has 0 aliphatic rings. The molecule has 7 heteroatoms. The summed E-state index contributed by atoms with van der Waals surface area (Å²) in [4.78, 5) is 15.9. The maximum Gasteiger partial charge on any atom is 0.345 e. The summed E-state index contributed by atoms with van der Waals surface area (Å²) in [6.07, 6.45) is 3.25. The smallest absolute Gasteiger partial charge is 0.306 e. The van der Waals surface area contributed by atoms with E-state index in [2.05, 4.69) is 15.4 Å². The van der Waals surface area contributed by atoms with Gasteiger partial charge < -0.3 is 5.32 Å². The third-order valence-corrected chi connectivity index (χ3v) is 3.86. The summed E-state index contributed by atoms with van der Waals surface area (Å²) in [5.41, 5.74) is 1.44. The van der Waals surface area contributed by atoms with Gasteiger partial charge in [0.05, 0.1) is 27.3 Å². The molecule has 24 heavy (non-hydrogen) atoms. The Hall–Kier alpha value is -2.63. The molecule has 0 bridgehead atoms. The molecule has 1 heterocycles. The third-order valence-electron chi connectivity index (χ3n) is 3.12. The SMILES string of the molecule is O=C(/N=c1\ccn(-c2ccccc2)nc1)Nc1ccc(Cl)c(Cl)c1. The maximum atomic E-state index is 11.9. The van der Waals surface area contributed by atoms with Crippen LogP contribution in [0, 0.1) is 0 Å². The van der Waals surface area contributed by atoms with Gasteiger partial charge in [-0.25, -0.2) is 9.48 Å². The average molecular weight is 359 g/mol. The summed E-state index contributed by atoms with van der Waals surface area (Å²) in [6, 6.07) is 15.6. The van der Waals surface area contributed by atoms with Crippen LogP contribution in [0.2, 0.25) is 10.0 Å². The van der Waals surface area contributed by atoms with E-state index >= 15 is 0 Å². The van der Waals surface area contributed by atoms with Crippen LogP contribution in [0.3, 0.4) is 0 Å². The highest BCUT2D eigenvalue weighted by atomic mass is 35.5. The number of amides is 2. The second-order valence-corrected chi connectivity index (χ2v) is 5.65. The zero-order valence-corrected chi connectivity index (χ0v) is 13.9. The van der Waals surface area contributed by atoms with Gasteiger partial charge in [-0.05, 0) is 36.4 Å². The molecule has 5 nitrogen and oxygen atoms in total. The van der Waals surface area contributed by atoms with Crippen LogP contribution in [-0.2, 0) is 0 Å². The number of hydrogen-bond donors (Lipinski definition) is 1. The highest BCUT2D eigenvalue weighted by molar-refractivity contribution is 6.42. The summed E-state index contributed by atoms with van der Waals surface area (Å²) in [5, 5.41) is 8.09. The minimum atomic E-state index is -0.521. The number of carbonyl (C=O) groups excluding carboxylic acids is 1. The first kappa shape index (κ1) is 16.2. The monoisotopic (exact) mass is 358 g/mol. The molecule has 3 rings (SSSR count). The van der Waals surface area contributed by atoms with E-state index in [9.17, 15) is 4.79 Å². The van der Waals surface area contributed by atoms with Crippen molar-refractivity contribution in [2.75, 3.05) is 5.32 Å². The van der Waals surface area contributed by atoms with Crippen LogP contribution in [0.4, 0.5) is 10.5 Å². The Morgan fingerprint density at radius 2 is 1.83 bits per heavy atom. The van der Waals surface area contributed by atoms with Gasteiger partial charge in [-0.1, -0.05) is 41.4 Å². The Labute approximate surface area is 148 Å². The molecule has 0 saturated carbocycles. The molecular formula is C17H12Cl2N4O. The second-order valence-electron chi connectivity index (χ2n) is 4.84. The Morgan fingerprint density at radius 1 is 1.04 bits per heavy atom. The lowest BCUT2D eigenvalue weighted by atomic mass is 10.3. The fourth-order valence-corrected chi connectivity index (χ4v) is 2.29. The lowest BCUT2D eigenvalue weighted by Gasteiger charge is -2.04. The van der Waals surface area contributed by atoms with Crippen LogP contribution in [0.15, 0.2) is 72.0 Å². The molecule has 120 valence electrons. The van der Waals surface area contributed by atoms with Gasteiger partial charge in [-0.15, -0.1) is 0 Å². The Morgan fingerprint density at radius 3 is 2.50 bits per heavy atom. The van der Waals surface area contributed by atoms with E-state index in [0.717, 1.165) is 5.69 Å². The first-order valence-corrected chi connectivity index (χ1v) is 7.78. The van der Waals surface area contributed by atoms with Crippen molar-refractivity contribution < 1.29 is 4.79 Å². The molecule has 0 aliphatic carbocycles. The van der Waals surface area contributed by atoms with Gasteiger partial charge >= 0.3 is 6.03 Å². The molecule has 0 fully saturated rings. The van der Waals surface area contributed by atoms with E-state index < -0.39 is 6.03 Å². The van der Waals surface area contributed by atoms with Gasteiger partial charge in [0.15, 0.2) is 0 Å². The first-order chi connectivity index (χ1) is 11.6. The largest absolute Gasteiger partial charge is 0.345 e. The topological polar surface area (TPSA) is 59.3 Å². The van der Waals surface area contributed by atoms with Crippen LogP contribution >= 0.6 is 23.2 Å². The van der Waals surface area contributed by atoms with Gasteiger partial charge in [-0.2, -0.15) is 10.1 Å². The van der Waals surface area contributed by atoms with E-state index in [1.807, 2.05) is 30.3 Å². The van der Waals surface area contributed by atoms with Crippen molar-refractivity contribution in [1.82, 2.24) is 9.78 Å². The predicted octanol–water partition coefficient (Wildman–Crippen LogP) is 4.31. The van der Waals surface area contributed by atoms with E-state index in [1.165, 1.54) is 6.20 Å². The maximum absolute atomic E-state index is 11.9. The van der Waals surface area contributed by atoms with Crippen molar-refractivity contribution >= 4 is 34.9 Å². The standard InChI is InChI=1S/C17H12Cl2N4O/c18-15-7-6-12(10-16(15)19)21-17(24)22-13-8-9-23(20-11-13)14-4-2-1-3-5-14/h1-11H,(H,21,24)/b22-13+. The van der Waals surface area contributed by atoms with Crippen molar-refractivity contribution in [1.29, 1.82) is 0 Å². The quantitative estimate of drug-likeness (QED) is 0.741.